The van der Waals surface area contributed by atoms with Crippen molar-refractivity contribution in [2.45, 2.75) is 35.6 Å². The molecule has 158 valence electrons. The Balaban J connectivity index is 0.00000300. The van der Waals surface area contributed by atoms with Gasteiger partial charge in [-0.25, -0.2) is 4.39 Å². The van der Waals surface area contributed by atoms with Crippen molar-refractivity contribution in [2.75, 3.05) is 27.7 Å². The third-order valence-corrected chi connectivity index (χ3v) is 6.24. The summed E-state index contributed by atoms with van der Waals surface area (Å²) in [6, 6.07) is 15.8. The first-order valence-electron chi connectivity index (χ1n) is 9.60. The molecular formula is C22H30FIN4S. The van der Waals surface area contributed by atoms with Gasteiger partial charge in [0, 0.05) is 41.9 Å². The molecule has 0 aromatic heterocycles. The Morgan fingerprint density at radius 3 is 2.48 bits per heavy atom. The number of guanidine groups is 1. The molecule has 0 heterocycles. The van der Waals surface area contributed by atoms with E-state index >= 15 is 0 Å². The molecule has 0 amide bonds. The molecule has 2 N–H and O–H groups in total. The minimum atomic E-state index is -0.159. The maximum absolute atomic E-state index is 13.9. The molecule has 4 nitrogen and oxygen atoms in total. The highest BCUT2D eigenvalue weighted by atomic mass is 127. The van der Waals surface area contributed by atoms with E-state index in [1.807, 2.05) is 49.0 Å². The molecule has 1 aliphatic carbocycles. The lowest BCUT2D eigenvalue weighted by molar-refractivity contribution is 0.392. The van der Waals surface area contributed by atoms with Crippen LogP contribution in [0.5, 0.6) is 0 Å². The van der Waals surface area contributed by atoms with Gasteiger partial charge in [0.1, 0.15) is 5.82 Å². The number of aliphatic imine (C=N–C) groups is 1. The zero-order valence-electron chi connectivity index (χ0n) is 17.2. The average Bonchev–Trinajstić information content (AvgIpc) is 3.44. The van der Waals surface area contributed by atoms with Crippen LogP contribution in [0.25, 0.3) is 0 Å². The normalized spacial score (nSPS) is 15.0. The van der Waals surface area contributed by atoms with E-state index in [1.54, 1.807) is 13.1 Å². The Bertz CT molecular complexity index is 810. The van der Waals surface area contributed by atoms with E-state index in [1.165, 1.54) is 17.7 Å². The van der Waals surface area contributed by atoms with Gasteiger partial charge < -0.3 is 15.5 Å². The Morgan fingerprint density at radius 2 is 1.86 bits per heavy atom. The molecule has 0 radical (unpaired) electrons. The summed E-state index contributed by atoms with van der Waals surface area (Å²) in [7, 11) is 5.66. The highest BCUT2D eigenvalue weighted by molar-refractivity contribution is 14.0. The topological polar surface area (TPSA) is 39.7 Å². The lowest BCUT2D eigenvalue weighted by Gasteiger charge is -2.18. The van der Waals surface area contributed by atoms with E-state index in [0.717, 1.165) is 18.1 Å². The second-order valence-corrected chi connectivity index (χ2v) is 9.08. The zero-order chi connectivity index (χ0) is 20.0. The highest BCUT2D eigenvalue weighted by Crippen LogP contribution is 2.51. The van der Waals surface area contributed by atoms with Crippen LogP contribution in [-0.4, -0.2) is 43.3 Å². The predicted octanol–water partition coefficient (Wildman–Crippen LogP) is 4.50. The number of nitrogens with zero attached hydrogens (tertiary/aromatic N) is 2. The van der Waals surface area contributed by atoms with Crippen LogP contribution in [-0.2, 0) is 13.1 Å². The summed E-state index contributed by atoms with van der Waals surface area (Å²) in [6.07, 6.45) is 2.42. The molecule has 0 atom stereocenters. The fraction of sp³-hybridized carbons (Fsp3) is 0.409. The molecule has 29 heavy (non-hydrogen) atoms. The maximum Gasteiger partial charge on any atom is 0.191 e. The summed E-state index contributed by atoms with van der Waals surface area (Å²) >= 11 is 1.94. The summed E-state index contributed by atoms with van der Waals surface area (Å²) in [6.45, 7) is 2.08. The SMILES string of the molecule is CN=C(NCc1ccc(F)c(CN(C)C)c1)NCC1(Sc2ccccc2)CC1.I. The molecule has 2 aromatic carbocycles. The Morgan fingerprint density at radius 1 is 1.14 bits per heavy atom. The van der Waals surface area contributed by atoms with Gasteiger partial charge >= 0.3 is 0 Å². The van der Waals surface area contributed by atoms with Crippen LogP contribution in [0.15, 0.2) is 58.4 Å². The largest absolute Gasteiger partial charge is 0.355 e. The number of halogens is 2. The van der Waals surface area contributed by atoms with Crippen molar-refractivity contribution in [1.82, 2.24) is 15.5 Å². The summed E-state index contributed by atoms with van der Waals surface area (Å²) in [5.74, 6) is 0.618. The van der Waals surface area contributed by atoms with Gasteiger partial charge in [-0.3, -0.25) is 4.99 Å². The first-order chi connectivity index (χ1) is 13.5. The fourth-order valence-electron chi connectivity index (χ4n) is 3.04. The van der Waals surface area contributed by atoms with Crippen molar-refractivity contribution in [3.05, 3.63) is 65.5 Å². The molecule has 0 saturated heterocycles. The second kappa shape index (κ2) is 11.2. The number of rotatable bonds is 8. The number of hydrogen-bond donors (Lipinski definition) is 2. The molecular weight excluding hydrogens is 498 g/mol. The van der Waals surface area contributed by atoms with E-state index in [0.29, 0.717) is 18.7 Å². The van der Waals surface area contributed by atoms with Crippen LogP contribution in [0, 0.1) is 5.82 Å². The molecule has 1 fully saturated rings. The van der Waals surface area contributed by atoms with Gasteiger partial charge in [-0.1, -0.05) is 24.3 Å². The van der Waals surface area contributed by atoms with Gasteiger partial charge in [-0.2, -0.15) is 0 Å². The van der Waals surface area contributed by atoms with Crippen LogP contribution in [0.2, 0.25) is 0 Å². The summed E-state index contributed by atoms with van der Waals surface area (Å²) < 4.78 is 14.2. The number of thioether (sulfide) groups is 1. The lowest BCUT2D eigenvalue weighted by Crippen LogP contribution is -2.40. The van der Waals surface area contributed by atoms with Crippen molar-refractivity contribution in [1.29, 1.82) is 0 Å². The molecule has 7 heteroatoms. The average molecular weight is 528 g/mol. The minimum Gasteiger partial charge on any atom is -0.355 e. The van der Waals surface area contributed by atoms with Crippen LogP contribution in [0.1, 0.15) is 24.0 Å². The second-order valence-electron chi connectivity index (χ2n) is 7.54. The van der Waals surface area contributed by atoms with Gasteiger partial charge in [0.25, 0.3) is 0 Å². The van der Waals surface area contributed by atoms with Crippen molar-refractivity contribution in [2.24, 2.45) is 4.99 Å². The molecule has 3 rings (SSSR count). The Kier molecular flexibility index (Phi) is 9.23. The molecule has 1 aliphatic rings. The van der Waals surface area contributed by atoms with Crippen molar-refractivity contribution < 1.29 is 4.39 Å². The standard InChI is InChI=1S/C22H29FN4S.HI/c1-24-21(25-14-17-9-10-20(23)18(13-17)15-27(2)3)26-16-22(11-12-22)28-19-7-5-4-6-8-19;/h4-10,13H,11-12,14-16H2,1-3H3,(H2,24,25,26);1H. The summed E-state index contributed by atoms with van der Waals surface area (Å²) in [5.41, 5.74) is 1.75. The van der Waals surface area contributed by atoms with Crippen LogP contribution in [0.3, 0.4) is 0 Å². The van der Waals surface area contributed by atoms with Gasteiger partial charge in [0.15, 0.2) is 5.96 Å². The minimum absolute atomic E-state index is 0. The third kappa shape index (κ3) is 7.46. The van der Waals surface area contributed by atoms with E-state index in [9.17, 15) is 4.39 Å². The quantitative estimate of drug-likeness (QED) is 0.301. The first kappa shape index (κ1) is 24.0. The van der Waals surface area contributed by atoms with E-state index in [-0.39, 0.29) is 34.5 Å². The molecule has 0 unspecified atom stereocenters. The Labute approximate surface area is 194 Å². The highest BCUT2D eigenvalue weighted by Gasteiger charge is 2.43. The molecule has 2 aromatic rings. The van der Waals surface area contributed by atoms with Crippen molar-refractivity contribution in [3.63, 3.8) is 0 Å². The summed E-state index contributed by atoms with van der Waals surface area (Å²) in [4.78, 5) is 7.61. The van der Waals surface area contributed by atoms with Crippen LogP contribution < -0.4 is 10.6 Å². The van der Waals surface area contributed by atoms with Gasteiger partial charge in [0.05, 0.1) is 0 Å². The Hall–Kier alpha value is -1.32. The van der Waals surface area contributed by atoms with E-state index in [2.05, 4.69) is 39.9 Å². The predicted molar refractivity (Wildman–Crippen MR) is 132 cm³/mol. The zero-order valence-corrected chi connectivity index (χ0v) is 20.4. The van der Waals surface area contributed by atoms with Crippen LogP contribution >= 0.6 is 35.7 Å². The fourth-order valence-corrected chi connectivity index (χ4v) is 4.29. The van der Waals surface area contributed by atoms with Crippen molar-refractivity contribution in [3.8, 4) is 0 Å². The molecule has 0 aliphatic heterocycles. The molecule has 0 spiro atoms. The molecule has 1 saturated carbocycles. The van der Waals surface area contributed by atoms with Gasteiger partial charge in [-0.15, -0.1) is 35.7 Å². The number of nitrogens with one attached hydrogen (secondary N) is 2. The van der Waals surface area contributed by atoms with E-state index < -0.39 is 0 Å². The third-order valence-electron chi connectivity index (χ3n) is 4.74. The maximum atomic E-state index is 13.9. The van der Waals surface area contributed by atoms with Gasteiger partial charge in [-0.05, 0) is 56.8 Å². The molecule has 0 bridgehead atoms. The van der Waals surface area contributed by atoms with E-state index in [4.69, 9.17) is 0 Å². The first-order valence-corrected chi connectivity index (χ1v) is 10.4. The smallest absolute Gasteiger partial charge is 0.191 e. The number of benzene rings is 2. The summed E-state index contributed by atoms with van der Waals surface area (Å²) in [5, 5.41) is 6.80. The van der Waals surface area contributed by atoms with Crippen LogP contribution in [0.4, 0.5) is 4.39 Å². The monoisotopic (exact) mass is 528 g/mol. The van der Waals surface area contributed by atoms with Crippen molar-refractivity contribution >= 4 is 41.7 Å². The number of hydrogen-bond acceptors (Lipinski definition) is 3. The van der Waals surface area contributed by atoms with Gasteiger partial charge in [0.2, 0.25) is 0 Å². The lowest BCUT2D eigenvalue weighted by atomic mass is 10.1.